The van der Waals surface area contributed by atoms with E-state index in [2.05, 4.69) is 49.6 Å². The van der Waals surface area contributed by atoms with E-state index in [4.69, 9.17) is 0 Å². The summed E-state index contributed by atoms with van der Waals surface area (Å²) < 4.78 is 0. The number of amides is 1. The maximum Gasteiger partial charge on any atom is 0.225 e. The molecule has 2 N–H and O–H groups in total. The number of nitrogens with one attached hydrogen (secondary N) is 2. The summed E-state index contributed by atoms with van der Waals surface area (Å²) in [5.41, 5.74) is 0. The standard InChI is InChI=1S/C20H29N7OS/c1-3-16-5-6-17(29-16)15-25-19(21-2)22-10-7-18(28)26-11-13-27(14-12-26)20-23-8-4-9-24-20/h4-6,8-9H,3,7,10-15H2,1-2H3,(H2,21,22,25). The number of hydrogen-bond donors (Lipinski definition) is 2. The van der Waals surface area contributed by atoms with Crippen LogP contribution in [-0.4, -0.2) is 66.5 Å². The van der Waals surface area contributed by atoms with Gasteiger partial charge in [-0.3, -0.25) is 9.79 Å². The average Bonchev–Trinajstić information content (AvgIpc) is 3.25. The number of anilines is 1. The van der Waals surface area contributed by atoms with Crippen LogP contribution in [0.1, 0.15) is 23.1 Å². The molecule has 1 aliphatic rings. The van der Waals surface area contributed by atoms with Gasteiger partial charge in [-0.25, -0.2) is 9.97 Å². The van der Waals surface area contributed by atoms with Gasteiger partial charge in [-0.05, 0) is 24.6 Å². The maximum atomic E-state index is 12.5. The number of piperazine rings is 1. The molecule has 0 saturated carbocycles. The number of thiophene rings is 1. The van der Waals surface area contributed by atoms with Crippen LogP contribution in [0.3, 0.4) is 0 Å². The van der Waals surface area contributed by atoms with Crippen molar-refractivity contribution in [3.63, 3.8) is 0 Å². The van der Waals surface area contributed by atoms with Crippen LogP contribution in [0.4, 0.5) is 5.95 Å². The van der Waals surface area contributed by atoms with Gasteiger partial charge in [-0.2, -0.15) is 0 Å². The molecular formula is C20H29N7OS. The van der Waals surface area contributed by atoms with E-state index >= 15 is 0 Å². The molecule has 0 aliphatic carbocycles. The number of carbonyl (C=O) groups excluding carboxylic acids is 1. The summed E-state index contributed by atoms with van der Waals surface area (Å²) in [4.78, 5) is 32.0. The summed E-state index contributed by atoms with van der Waals surface area (Å²) in [5, 5.41) is 6.53. The van der Waals surface area contributed by atoms with Crippen LogP contribution in [0, 0.1) is 0 Å². The highest BCUT2D eigenvalue weighted by Crippen LogP contribution is 2.16. The molecule has 0 atom stereocenters. The van der Waals surface area contributed by atoms with E-state index in [0.29, 0.717) is 26.1 Å². The first kappa shape index (κ1) is 21.0. The second-order valence-electron chi connectivity index (χ2n) is 6.74. The second kappa shape index (κ2) is 10.8. The molecule has 9 heteroatoms. The average molecular weight is 416 g/mol. The minimum atomic E-state index is 0.160. The Bertz CT molecular complexity index is 800. The van der Waals surface area contributed by atoms with Crippen LogP contribution in [0.5, 0.6) is 0 Å². The molecule has 1 saturated heterocycles. The van der Waals surface area contributed by atoms with Gasteiger partial charge >= 0.3 is 0 Å². The predicted octanol–water partition coefficient (Wildman–Crippen LogP) is 1.50. The van der Waals surface area contributed by atoms with E-state index in [1.54, 1.807) is 19.4 Å². The fourth-order valence-electron chi connectivity index (χ4n) is 3.16. The fraction of sp³-hybridized carbons (Fsp3) is 0.500. The third-order valence-electron chi connectivity index (χ3n) is 4.82. The molecule has 1 aliphatic heterocycles. The van der Waals surface area contributed by atoms with Gasteiger partial charge < -0.3 is 20.4 Å². The van der Waals surface area contributed by atoms with Crippen molar-refractivity contribution in [3.05, 3.63) is 40.3 Å². The second-order valence-corrected chi connectivity index (χ2v) is 7.99. The summed E-state index contributed by atoms with van der Waals surface area (Å²) >= 11 is 1.81. The van der Waals surface area contributed by atoms with E-state index in [-0.39, 0.29) is 5.91 Å². The Kier molecular flexibility index (Phi) is 7.80. The molecule has 2 aromatic heterocycles. The Morgan fingerprint density at radius 1 is 1.14 bits per heavy atom. The monoisotopic (exact) mass is 415 g/mol. The molecule has 0 aromatic carbocycles. The Labute approximate surface area is 176 Å². The zero-order valence-electron chi connectivity index (χ0n) is 17.1. The first-order chi connectivity index (χ1) is 14.2. The Hall–Kier alpha value is -2.68. The topological polar surface area (TPSA) is 85.8 Å². The lowest BCUT2D eigenvalue weighted by atomic mass is 10.3. The van der Waals surface area contributed by atoms with Gasteiger partial charge in [0, 0.05) is 68.3 Å². The van der Waals surface area contributed by atoms with E-state index in [1.165, 1.54) is 9.75 Å². The van der Waals surface area contributed by atoms with Crippen LogP contribution < -0.4 is 15.5 Å². The number of nitrogens with zero attached hydrogens (tertiary/aromatic N) is 5. The molecule has 0 spiro atoms. The number of aliphatic imine (C=N–C) groups is 1. The van der Waals surface area contributed by atoms with Gasteiger partial charge in [-0.15, -0.1) is 11.3 Å². The molecule has 29 heavy (non-hydrogen) atoms. The molecule has 2 aromatic rings. The van der Waals surface area contributed by atoms with Crippen molar-refractivity contribution in [1.82, 2.24) is 25.5 Å². The van der Waals surface area contributed by atoms with Gasteiger partial charge in [0.05, 0.1) is 6.54 Å². The molecule has 1 amide bonds. The van der Waals surface area contributed by atoms with Gasteiger partial charge in [0.25, 0.3) is 0 Å². The van der Waals surface area contributed by atoms with E-state index in [1.807, 2.05) is 22.3 Å². The highest BCUT2D eigenvalue weighted by atomic mass is 32.1. The first-order valence-corrected chi connectivity index (χ1v) is 10.8. The summed E-state index contributed by atoms with van der Waals surface area (Å²) in [6.07, 6.45) is 5.00. The van der Waals surface area contributed by atoms with Crippen molar-refractivity contribution in [1.29, 1.82) is 0 Å². The van der Waals surface area contributed by atoms with Crippen LogP contribution >= 0.6 is 11.3 Å². The number of rotatable bonds is 7. The van der Waals surface area contributed by atoms with Gasteiger partial charge in [0.15, 0.2) is 5.96 Å². The minimum Gasteiger partial charge on any atom is -0.356 e. The third kappa shape index (κ3) is 6.15. The summed E-state index contributed by atoms with van der Waals surface area (Å²) in [5.74, 6) is 1.61. The number of guanidine groups is 1. The smallest absolute Gasteiger partial charge is 0.225 e. The normalized spacial score (nSPS) is 14.8. The lowest BCUT2D eigenvalue weighted by Gasteiger charge is -2.34. The number of aromatic nitrogens is 2. The molecule has 8 nitrogen and oxygen atoms in total. The number of carbonyl (C=O) groups is 1. The largest absolute Gasteiger partial charge is 0.356 e. The van der Waals surface area contributed by atoms with Gasteiger partial charge in [0.2, 0.25) is 11.9 Å². The van der Waals surface area contributed by atoms with Gasteiger partial charge in [-0.1, -0.05) is 6.92 Å². The molecule has 3 rings (SSSR count). The third-order valence-corrected chi connectivity index (χ3v) is 6.05. The summed E-state index contributed by atoms with van der Waals surface area (Å²) in [6, 6.07) is 6.12. The number of aryl methyl sites for hydroxylation is 1. The zero-order chi connectivity index (χ0) is 20.5. The SMILES string of the molecule is CCc1ccc(CNC(=NC)NCCC(=O)N2CCN(c3ncccn3)CC2)s1. The molecule has 0 bridgehead atoms. The van der Waals surface area contributed by atoms with Crippen molar-refractivity contribution in [3.8, 4) is 0 Å². The van der Waals surface area contributed by atoms with Crippen molar-refractivity contribution < 1.29 is 4.79 Å². The first-order valence-electron chi connectivity index (χ1n) is 10.0. The molecule has 3 heterocycles. The number of hydrogen-bond acceptors (Lipinski definition) is 6. The Morgan fingerprint density at radius 3 is 2.52 bits per heavy atom. The van der Waals surface area contributed by atoms with Crippen LogP contribution in [-0.2, 0) is 17.8 Å². The van der Waals surface area contributed by atoms with Crippen LogP contribution in [0.15, 0.2) is 35.6 Å². The summed E-state index contributed by atoms with van der Waals surface area (Å²) in [6.45, 7) is 6.37. The van der Waals surface area contributed by atoms with Crippen molar-refractivity contribution in [2.75, 3.05) is 44.7 Å². The minimum absolute atomic E-state index is 0.160. The van der Waals surface area contributed by atoms with E-state index in [9.17, 15) is 4.79 Å². The van der Waals surface area contributed by atoms with Crippen molar-refractivity contribution in [2.24, 2.45) is 4.99 Å². The van der Waals surface area contributed by atoms with Crippen LogP contribution in [0.2, 0.25) is 0 Å². The zero-order valence-corrected chi connectivity index (χ0v) is 17.9. The summed E-state index contributed by atoms with van der Waals surface area (Å²) in [7, 11) is 1.74. The van der Waals surface area contributed by atoms with Gasteiger partial charge in [0.1, 0.15) is 0 Å². The lowest BCUT2D eigenvalue weighted by molar-refractivity contribution is -0.131. The molecular weight excluding hydrogens is 386 g/mol. The van der Waals surface area contributed by atoms with E-state index < -0.39 is 0 Å². The Morgan fingerprint density at radius 2 is 1.86 bits per heavy atom. The highest BCUT2D eigenvalue weighted by Gasteiger charge is 2.22. The molecule has 0 radical (unpaired) electrons. The Balaban J connectivity index is 1.35. The highest BCUT2D eigenvalue weighted by molar-refractivity contribution is 7.11. The molecule has 0 unspecified atom stereocenters. The molecule has 156 valence electrons. The van der Waals surface area contributed by atoms with Crippen molar-refractivity contribution >= 4 is 29.2 Å². The predicted molar refractivity (Wildman–Crippen MR) is 117 cm³/mol. The van der Waals surface area contributed by atoms with Crippen LogP contribution in [0.25, 0.3) is 0 Å². The lowest BCUT2D eigenvalue weighted by Crippen LogP contribution is -2.50. The maximum absolute atomic E-state index is 12.5. The quantitative estimate of drug-likeness (QED) is 0.527. The van der Waals surface area contributed by atoms with E-state index in [0.717, 1.165) is 38.0 Å². The molecule has 1 fully saturated rings. The van der Waals surface area contributed by atoms with Crippen molar-refractivity contribution in [2.45, 2.75) is 26.3 Å². The fourth-order valence-corrected chi connectivity index (χ4v) is 4.05.